The fraction of sp³-hybridized carbons (Fsp3) is 0.235. The van der Waals surface area contributed by atoms with E-state index in [4.69, 9.17) is 16.3 Å². The zero-order chi connectivity index (χ0) is 16.3. The van der Waals surface area contributed by atoms with E-state index in [2.05, 4.69) is 21.2 Å². The van der Waals surface area contributed by atoms with Gasteiger partial charge in [0.25, 0.3) is 5.91 Å². The van der Waals surface area contributed by atoms with E-state index < -0.39 is 0 Å². The Labute approximate surface area is 143 Å². The van der Waals surface area contributed by atoms with Gasteiger partial charge >= 0.3 is 0 Å². The van der Waals surface area contributed by atoms with Crippen LogP contribution in [0.5, 0.6) is 5.75 Å². The molecule has 2 rings (SSSR count). The van der Waals surface area contributed by atoms with E-state index in [9.17, 15) is 4.79 Å². The van der Waals surface area contributed by atoms with Crippen LogP contribution in [0.1, 0.15) is 29.8 Å². The van der Waals surface area contributed by atoms with Crippen LogP contribution in [0.3, 0.4) is 0 Å². The molecule has 1 N–H and O–H groups in total. The molecule has 0 saturated carbocycles. The summed E-state index contributed by atoms with van der Waals surface area (Å²) in [6.07, 6.45) is 0.0742. The maximum absolute atomic E-state index is 12.3. The van der Waals surface area contributed by atoms with Crippen LogP contribution < -0.4 is 10.1 Å². The molecule has 0 aliphatic rings. The molecule has 0 aliphatic heterocycles. The van der Waals surface area contributed by atoms with Crippen LogP contribution in [0.25, 0.3) is 0 Å². The minimum absolute atomic E-state index is 0.0742. The van der Waals surface area contributed by atoms with E-state index in [0.29, 0.717) is 22.0 Å². The minimum Gasteiger partial charge on any atom is -0.490 e. The van der Waals surface area contributed by atoms with Crippen molar-refractivity contribution < 1.29 is 9.53 Å². The second-order valence-electron chi connectivity index (χ2n) is 5.18. The smallest absolute Gasteiger partial charge is 0.255 e. The van der Waals surface area contributed by atoms with Crippen LogP contribution in [-0.4, -0.2) is 12.0 Å². The summed E-state index contributed by atoms with van der Waals surface area (Å²) >= 11 is 9.49. The Morgan fingerprint density at radius 2 is 2.00 bits per heavy atom. The Kier molecular flexibility index (Phi) is 5.48. The van der Waals surface area contributed by atoms with Crippen LogP contribution in [0, 0.1) is 6.92 Å². The number of halogens is 2. The van der Waals surface area contributed by atoms with Crippen molar-refractivity contribution in [1.29, 1.82) is 0 Å². The number of hydrogen-bond donors (Lipinski definition) is 1. The number of nitrogens with one attached hydrogen (secondary N) is 1. The second-order valence-corrected chi connectivity index (χ2v) is 6.44. The second kappa shape index (κ2) is 7.16. The fourth-order valence-electron chi connectivity index (χ4n) is 1.93. The third kappa shape index (κ3) is 4.02. The number of benzene rings is 2. The molecule has 0 bridgehead atoms. The number of rotatable bonds is 4. The van der Waals surface area contributed by atoms with E-state index in [-0.39, 0.29) is 12.0 Å². The molecule has 2 aromatic rings. The van der Waals surface area contributed by atoms with E-state index in [1.807, 2.05) is 26.8 Å². The third-order valence-corrected chi connectivity index (χ3v) is 4.10. The molecule has 116 valence electrons. The summed E-state index contributed by atoms with van der Waals surface area (Å²) in [7, 11) is 0. The topological polar surface area (TPSA) is 38.3 Å². The highest BCUT2D eigenvalue weighted by atomic mass is 79.9. The van der Waals surface area contributed by atoms with Crippen molar-refractivity contribution in [3.8, 4) is 5.75 Å². The lowest BCUT2D eigenvalue weighted by Gasteiger charge is -2.13. The number of ether oxygens (including phenoxy) is 1. The molecule has 0 saturated heterocycles. The van der Waals surface area contributed by atoms with Crippen LogP contribution in [0.15, 0.2) is 40.9 Å². The number of anilines is 1. The van der Waals surface area contributed by atoms with Crippen molar-refractivity contribution in [3.63, 3.8) is 0 Å². The highest BCUT2D eigenvalue weighted by molar-refractivity contribution is 9.10. The maximum Gasteiger partial charge on any atom is 0.255 e. The van der Waals surface area contributed by atoms with Gasteiger partial charge in [0.15, 0.2) is 0 Å². The zero-order valence-electron chi connectivity index (χ0n) is 12.6. The van der Waals surface area contributed by atoms with Gasteiger partial charge in [0, 0.05) is 16.3 Å². The molecule has 0 aromatic heterocycles. The maximum atomic E-state index is 12.3. The Morgan fingerprint density at radius 3 is 2.64 bits per heavy atom. The average molecular weight is 383 g/mol. The zero-order valence-corrected chi connectivity index (χ0v) is 15.0. The Hall–Kier alpha value is -1.52. The molecular formula is C17H17BrClNO2. The van der Waals surface area contributed by atoms with Gasteiger partial charge in [-0.15, -0.1) is 0 Å². The first kappa shape index (κ1) is 16.8. The Bertz CT molecular complexity index is 701. The van der Waals surface area contributed by atoms with Gasteiger partial charge in [0.05, 0.1) is 10.6 Å². The third-order valence-electron chi connectivity index (χ3n) is 3.07. The summed E-state index contributed by atoms with van der Waals surface area (Å²) < 4.78 is 6.38. The number of carbonyl (C=O) groups excluding carboxylic acids is 1. The highest BCUT2D eigenvalue weighted by Gasteiger charge is 2.12. The summed E-state index contributed by atoms with van der Waals surface area (Å²) in [5.74, 6) is 0.521. The van der Waals surface area contributed by atoms with Crippen molar-refractivity contribution >= 4 is 39.1 Å². The molecule has 0 radical (unpaired) electrons. The van der Waals surface area contributed by atoms with Crippen molar-refractivity contribution in [1.82, 2.24) is 0 Å². The molecule has 3 nitrogen and oxygen atoms in total. The largest absolute Gasteiger partial charge is 0.490 e. The summed E-state index contributed by atoms with van der Waals surface area (Å²) in [5.41, 5.74) is 2.09. The lowest BCUT2D eigenvalue weighted by atomic mass is 10.1. The number of hydrogen-bond acceptors (Lipinski definition) is 2. The van der Waals surface area contributed by atoms with Crippen LogP contribution >= 0.6 is 27.5 Å². The van der Waals surface area contributed by atoms with Gasteiger partial charge in [0.1, 0.15) is 5.75 Å². The summed E-state index contributed by atoms with van der Waals surface area (Å²) in [5, 5.41) is 3.49. The molecule has 2 aromatic carbocycles. The Morgan fingerprint density at radius 1 is 1.27 bits per heavy atom. The molecule has 0 spiro atoms. The molecule has 0 unspecified atom stereocenters. The normalized spacial score (nSPS) is 10.6. The fourth-order valence-corrected chi connectivity index (χ4v) is 2.58. The van der Waals surface area contributed by atoms with E-state index in [1.165, 1.54) is 0 Å². The van der Waals surface area contributed by atoms with Gasteiger partial charge in [0.2, 0.25) is 0 Å². The molecule has 0 fully saturated rings. The minimum atomic E-state index is -0.192. The first-order valence-corrected chi connectivity index (χ1v) is 8.08. The summed E-state index contributed by atoms with van der Waals surface area (Å²) in [6, 6.07) is 10.7. The van der Waals surface area contributed by atoms with E-state index >= 15 is 0 Å². The highest BCUT2D eigenvalue weighted by Crippen LogP contribution is 2.28. The summed E-state index contributed by atoms with van der Waals surface area (Å²) in [4.78, 5) is 12.3. The Balaban J connectivity index is 2.19. The van der Waals surface area contributed by atoms with Gasteiger partial charge in [-0.2, -0.15) is 0 Å². The lowest BCUT2D eigenvalue weighted by Crippen LogP contribution is -2.13. The monoisotopic (exact) mass is 381 g/mol. The first-order chi connectivity index (χ1) is 10.4. The lowest BCUT2D eigenvalue weighted by molar-refractivity contribution is 0.102. The van der Waals surface area contributed by atoms with Crippen molar-refractivity contribution in [2.75, 3.05) is 5.32 Å². The predicted molar refractivity (Wildman–Crippen MR) is 94.0 cm³/mol. The van der Waals surface area contributed by atoms with Crippen molar-refractivity contribution in [2.24, 2.45) is 0 Å². The van der Waals surface area contributed by atoms with Crippen LogP contribution in [0.2, 0.25) is 5.02 Å². The molecule has 5 heteroatoms. The van der Waals surface area contributed by atoms with Crippen LogP contribution in [0.4, 0.5) is 5.69 Å². The summed E-state index contributed by atoms with van der Waals surface area (Å²) in [6.45, 7) is 5.78. The van der Waals surface area contributed by atoms with Gasteiger partial charge < -0.3 is 10.1 Å². The average Bonchev–Trinajstić information content (AvgIpc) is 2.45. The van der Waals surface area contributed by atoms with Crippen LogP contribution in [-0.2, 0) is 0 Å². The van der Waals surface area contributed by atoms with E-state index in [0.717, 1.165) is 10.0 Å². The molecule has 0 atom stereocenters. The first-order valence-electron chi connectivity index (χ1n) is 6.91. The van der Waals surface area contributed by atoms with Gasteiger partial charge in [-0.05, 0) is 72.6 Å². The molecular weight excluding hydrogens is 366 g/mol. The van der Waals surface area contributed by atoms with Gasteiger partial charge in [-0.25, -0.2) is 0 Å². The molecule has 0 heterocycles. The van der Waals surface area contributed by atoms with Gasteiger partial charge in [-0.1, -0.05) is 17.7 Å². The predicted octanol–water partition coefficient (Wildman–Crippen LogP) is 5.45. The quantitative estimate of drug-likeness (QED) is 0.763. The molecule has 1 amide bonds. The standard InChI is InChI=1S/C17H17BrClNO2/c1-10(2)22-16-8-7-12(9-13(16)18)17(21)20-15-6-4-5-14(19)11(15)3/h4-10H,1-3H3,(H,20,21). The SMILES string of the molecule is Cc1c(Cl)cccc1NC(=O)c1ccc(OC(C)C)c(Br)c1. The van der Waals surface area contributed by atoms with Gasteiger partial charge in [-0.3, -0.25) is 4.79 Å². The van der Waals surface area contributed by atoms with E-state index in [1.54, 1.807) is 30.3 Å². The number of amides is 1. The molecule has 22 heavy (non-hydrogen) atoms. The van der Waals surface area contributed by atoms with Crippen molar-refractivity contribution in [2.45, 2.75) is 26.9 Å². The number of carbonyl (C=O) groups is 1. The molecule has 0 aliphatic carbocycles. The van der Waals surface area contributed by atoms with Crippen molar-refractivity contribution in [3.05, 3.63) is 57.0 Å².